The topological polar surface area (TPSA) is 101 Å². The molecule has 1 fully saturated rings. The second kappa shape index (κ2) is 12.2. The summed E-state index contributed by atoms with van der Waals surface area (Å²) in [6, 6.07) is 10.6. The summed E-state index contributed by atoms with van der Waals surface area (Å²) in [5, 5.41) is 3.79. The predicted molar refractivity (Wildman–Crippen MR) is 149 cm³/mol. The van der Waals surface area contributed by atoms with Gasteiger partial charge in [-0.2, -0.15) is 4.31 Å². The van der Waals surface area contributed by atoms with E-state index in [1.165, 1.54) is 16.4 Å². The smallest absolute Gasteiger partial charge is 0.494 e. The van der Waals surface area contributed by atoms with Gasteiger partial charge in [0.05, 0.1) is 6.61 Å². The van der Waals surface area contributed by atoms with Crippen LogP contribution >= 0.6 is 0 Å². The van der Waals surface area contributed by atoms with Gasteiger partial charge in [0.2, 0.25) is 10.0 Å². The first-order valence-electron chi connectivity index (χ1n) is 13.1. The van der Waals surface area contributed by atoms with Gasteiger partial charge in [0.25, 0.3) is 5.91 Å². The van der Waals surface area contributed by atoms with Gasteiger partial charge in [0, 0.05) is 30.6 Å². The van der Waals surface area contributed by atoms with Gasteiger partial charge in [-0.05, 0) is 81.7 Å². The second-order valence-electron chi connectivity index (χ2n) is 10.3. The molecule has 9 nitrogen and oxygen atoms in total. The van der Waals surface area contributed by atoms with E-state index in [0.717, 1.165) is 47.4 Å². The molecular formula is C28H33F3N4O5S. The van der Waals surface area contributed by atoms with Gasteiger partial charge in [-0.15, -0.1) is 13.2 Å². The van der Waals surface area contributed by atoms with Gasteiger partial charge in [-0.3, -0.25) is 9.79 Å². The molecule has 1 spiro atoms. The van der Waals surface area contributed by atoms with Crippen LogP contribution in [0, 0.1) is 6.92 Å². The minimum atomic E-state index is -4.85. The highest BCUT2D eigenvalue weighted by molar-refractivity contribution is 7.92. The molecule has 13 heteroatoms. The van der Waals surface area contributed by atoms with Crippen molar-refractivity contribution in [2.24, 2.45) is 4.99 Å². The van der Waals surface area contributed by atoms with Crippen molar-refractivity contribution >= 4 is 27.8 Å². The number of aliphatic imine (C=N–C) groups is 1. The number of hydrogen-bond donors (Lipinski definition) is 1. The molecule has 41 heavy (non-hydrogen) atoms. The van der Waals surface area contributed by atoms with Gasteiger partial charge in [-0.1, -0.05) is 18.2 Å². The van der Waals surface area contributed by atoms with Gasteiger partial charge < -0.3 is 19.7 Å². The standard InChI is InChI=1S/C28H33F3N4O5S/c1-20-18-23(39-16-5-13-34(2)3)9-8-21(20)10-17-41(37,38)35-14-11-27(12-15-35)26(36)32-25(33-27)22-6-4-7-24(19-22)40-28(29,30)31/h4,6-10,17-19H,5,11-16H2,1-3H3,(H,32,33,36). The number of nitrogens with one attached hydrogen (secondary N) is 1. The largest absolute Gasteiger partial charge is 0.573 e. The number of alkyl halides is 3. The van der Waals surface area contributed by atoms with E-state index < -0.39 is 33.6 Å². The Balaban J connectivity index is 1.38. The lowest BCUT2D eigenvalue weighted by Crippen LogP contribution is -2.50. The van der Waals surface area contributed by atoms with Crippen LogP contribution in [-0.4, -0.2) is 81.6 Å². The number of amidine groups is 1. The molecule has 2 heterocycles. The summed E-state index contributed by atoms with van der Waals surface area (Å²) in [4.78, 5) is 19.4. The van der Waals surface area contributed by atoms with E-state index in [2.05, 4.69) is 19.9 Å². The molecule has 2 aliphatic rings. The molecule has 0 aliphatic carbocycles. The third-order valence-electron chi connectivity index (χ3n) is 6.91. The van der Waals surface area contributed by atoms with E-state index in [-0.39, 0.29) is 37.3 Å². The summed E-state index contributed by atoms with van der Waals surface area (Å²) in [6.07, 6.45) is -2.16. The highest BCUT2D eigenvalue weighted by atomic mass is 32.2. The SMILES string of the molecule is Cc1cc(OCCCN(C)C)ccc1C=CS(=O)(=O)N1CCC2(CC1)N=C(c1cccc(OC(F)(F)F)c1)NC2=O. The van der Waals surface area contributed by atoms with Crippen molar-refractivity contribution in [2.75, 3.05) is 40.3 Å². The Hall–Kier alpha value is -3.42. The van der Waals surface area contributed by atoms with E-state index in [4.69, 9.17) is 4.74 Å². The van der Waals surface area contributed by atoms with Crippen LogP contribution in [0.25, 0.3) is 6.08 Å². The lowest BCUT2D eigenvalue weighted by atomic mass is 9.89. The van der Waals surface area contributed by atoms with Crippen LogP contribution in [0.15, 0.2) is 52.9 Å². The molecule has 2 aromatic carbocycles. The second-order valence-corrected chi connectivity index (χ2v) is 12.1. The number of ether oxygens (including phenoxy) is 2. The number of benzene rings is 2. The quantitative estimate of drug-likeness (QED) is 0.419. The Morgan fingerprint density at radius 1 is 1.12 bits per heavy atom. The number of sulfonamides is 1. The van der Waals surface area contributed by atoms with E-state index >= 15 is 0 Å². The fraction of sp³-hybridized carbons (Fsp3) is 0.429. The van der Waals surface area contributed by atoms with Crippen LogP contribution in [0.3, 0.4) is 0 Å². The number of carbonyl (C=O) groups is 1. The maximum absolute atomic E-state index is 13.1. The van der Waals surface area contributed by atoms with E-state index in [1.807, 2.05) is 33.2 Å². The summed E-state index contributed by atoms with van der Waals surface area (Å²) in [6.45, 7) is 3.50. The Morgan fingerprint density at radius 2 is 1.85 bits per heavy atom. The van der Waals surface area contributed by atoms with E-state index in [1.54, 1.807) is 12.1 Å². The molecule has 0 saturated carbocycles. The van der Waals surface area contributed by atoms with Crippen molar-refractivity contribution in [1.29, 1.82) is 0 Å². The van der Waals surface area contributed by atoms with Crippen molar-refractivity contribution in [3.63, 3.8) is 0 Å². The zero-order valence-corrected chi connectivity index (χ0v) is 23.9. The monoisotopic (exact) mass is 594 g/mol. The van der Waals surface area contributed by atoms with Crippen molar-refractivity contribution < 1.29 is 35.9 Å². The maximum atomic E-state index is 13.1. The van der Waals surface area contributed by atoms with Crippen LogP contribution in [-0.2, 0) is 14.8 Å². The van der Waals surface area contributed by atoms with E-state index in [0.29, 0.717) is 6.61 Å². The van der Waals surface area contributed by atoms with Crippen molar-refractivity contribution in [1.82, 2.24) is 14.5 Å². The number of piperidine rings is 1. The molecule has 1 N–H and O–H groups in total. The predicted octanol–water partition coefficient (Wildman–Crippen LogP) is 3.94. The molecule has 1 saturated heterocycles. The van der Waals surface area contributed by atoms with Gasteiger partial charge in [-0.25, -0.2) is 8.42 Å². The fourth-order valence-electron chi connectivity index (χ4n) is 4.68. The fourth-order valence-corrected chi connectivity index (χ4v) is 5.87. The van der Waals surface area contributed by atoms with Gasteiger partial charge >= 0.3 is 6.36 Å². The molecule has 1 amide bonds. The van der Waals surface area contributed by atoms with Crippen LogP contribution in [0.4, 0.5) is 13.2 Å². The summed E-state index contributed by atoms with van der Waals surface area (Å²) < 4.78 is 75.0. The van der Waals surface area contributed by atoms with Crippen LogP contribution in [0.5, 0.6) is 11.5 Å². The first-order valence-corrected chi connectivity index (χ1v) is 14.6. The average molecular weight is 595 g/mol. The summed E-state index contributed by atoms with van der Waals surface area (Å²) in [7, 11) is 0.228. The lowest BCUT2D eigenvalue weighted by molar-refractivity contribution is -0.274. The molecule has 2 aromatic rings. The summed E-state index contributed by atoms with van der Waals surface area (Å²) in [5.74, 6) is -0.00345. The normalized spacial score (nSPS) is 17.7. The number of hydrogen-bond acceptors (Lipinski definition) is 7. The number of aryl methyl sites for hydroxylation is 1. The van der Waals surface area contributed by atoms with Gasteiger partial charge in [0.15, 0.2) is 0 Å². The number of halogens is 3. The maximum Gasteiger partial charge on any atom is 0.573 e. The van der Waals surface area contributed by atoms with Crippen molar-refractivity contribution in [3.05, 3.63) is 64.6 Å². The highest BCUT2D eigenvalue weighted by Gasteiger charge is 2.47. The van der Waals surface area contributed by atoms with Crippen LogP contribution in [0.2, 0.25) is 0 Å². The molecule has 222 valence electrons. The number of amides is 1. The van der Waals surface area contributed by atoms with Crippen molar-refractivity contribution in [2.45, 2.75) is 38.1 Å². The third-order valence-corrected chi connectivity index (χ3v) is 8.48. The molecule has 0 bridgehead atoms. The number of rotatable bonds is 10. The Kier molecular flexibility index (Phi) is 9.10. The van der Waals surface area contributed by atoms with Crippen LogP contribution in [0.1, 0.15) is 36.0 Å². The minimum absolute atomic E-state index is 0.0623. The zero-order chi connectivity index (χ0) is 29.8. The Bertz CT molecular complexity index is 1430. The Labute approximate surface area is 237 Å². The van der Waals surface area contributed by atoms with Crippen molar-refractivity contribution in [3.8, 4) is 11.5 Å². The molecule has 0 atom stereocenters. The first-order chi connectivity index (χ1) is 19.3. The van der Waals surface area contributed by atoms with E-state index in [9.17, 15) is 26.4 Å². The van der Waals surface area contributed by atoms with Gasteiger partial charge in [0.1, 0.15) is 22.9 Å². The van der Waals surface area contributed by atoms with Crippen LogP contribution < -0.4 is 14.8 Å². The molecule has 4 rings (SSSR count). The minimum Gasteiger partial charge on any atom is -0.494 e. The third kappa shape index (κ3) is 7.86. The molecule has 0 radical (unpaired) electrons. The highest BCUT2D eigenvalue weighted by Crippen LogP contribution is 2.33. The number of carbonyl (C=O) groups excluding carboxylic acids is 1. The average Bonchev–Trinajstić information content (AvgIpc) is 3.20. The lowest BCUT2D eigenvalue weighted by Gasteiger charge is -2.34. The summed E-state index contributed by atoms with van der Waals surface area (Å²) >= 11 is 0. The first kappa shape index (κ1) is 30.5. The molecular weight excluding hydrogens is 561 g/mol. The summed E-state index contributed by atoms with van der Waals surface area (Å²) in [5.41, 5.74) is 0.678. The molecule has 0 aromatic heterocycles. The zero-order valence-electron chi connectivity index (χ0n) is 23.1. The molecule has 0 unspecified atom stereocenters. The Morgan fingerprint density at radius 3 is 2.51 bits per heavy atom. The molecule has 2 aliphatic heterocycles. The number of nitrogens with zero attached hydrogens (tertiary/aromatic N) is 3.